The molecule has 1 heterocycles. The fraction of sp³-hybridized carbons (Fsp3) is 0.409. The van der Waals surface area contributed by atoms with Crippen LogP contribution >= 0.6 is 0 Å². The van der Waals surface area contributed by atoms with E-state index < -0.39 is 10.0 Å². The van der Waals surface area contributed by atoms with Crippen molar-refractivity contribution in [2.75, 3.05) is 32.8 Å². The van der Waals surface area contributed by atoms with Gasteiger partial charge in [0, 0.05) is 32.2 Å². The summed E-state index contributed by atoms with van der Waals surface area (Å²) in [5, 5.41) is 5.15. The molecule has 8 heteroatoms. The monoisotopic (exact) mass is 431 g/mol. The van der Waals surface area contributed by atoms with E-state index in [0.717, 1.165) is 44.0 Å². The summed E-state index contributed by atoms with van der Waals surface area (Å²) in [7, 11) is -3.75. The number of carbonyl (C=O) groups excluding carboxylic acids is 1. The fourth-order valence-corrected chi connectivity index (χ4v) is 4.11. The molecular formula is C22H29N3O4S. The Balaban J connectivity index is 1.73. The van der Waals surface area contributed by atoms with Crippen LogP contribution in [0.1, 0.15) is 18.1 Å². The normalized spacial score (nSPS) is 16.2. The second-order valence-corrected chi connectivity index (χ2v) is 9.20. The number of sulfonamides is 1. The smallest absolute Gasteiger partial charge is 0.238 e. The molecule has 0 bridgehead atoms. The molecule has 1 saturated heterocycles. The second-order valence-electron chi connectivity index (χ2n) is 7.63. The molecule has 1 amide bonds. The van der Waals surface area contributed by atoms with Gasteiger partial charge in [0.25, 0.3) is 0 Å². The number of hydrogen-bond acceptors (Lipinski definition) is 5. The van der Waals surface area contributed by atoms with Crippen molar-refractivity contribution < 1.29 is 17.9 Å². The van der Waals surface area contributed by atoms with Crippen molar-refractivity contribution in [3.05, 3.63) is 65.7 Å². The first kappa shape index (κ1) is 22.4. The minimum Gasteiger partial charge on any atom is -0.379 e. The standard InChI is InChI=1S/C22H29N3O4S/c1-18(16-24-11-13-29-14-12-24)25(17-20-5-3-2-4-6-20)22(26)15-19-7-9-21(10-8-19)30(23,27)28/h2-10,18H,11-17H2,1H3,(H2,23,27,28). The van der Waals surface area contributed by atoms with Crippen molar-refractivity contribution in [3.8, 4) is 0 Å². The molecule has 162 valence electrons. The highest BCUT2D eigenvalue weighted by Crippen LogP contribution is 2.15. The van der Waals surface area contributed by atoms with Crippen molar-refractivity contribution >= 4 is 15.9 Å². The molecular weight excluding hydrogens is 402 g/mol. The molecule has 7 nitrogen and oxygen atoms in total. The Morgan fingerprint density at radius 3 is 2.30 bits per heavy atom. The fourth-order valence-electron chi connectivity index (χ4n) is 3.60. The van der Waals surface area contributed by atoms with Gasteiger partial charge < -0.3 is 9.64 Å². The van der Waals surface area contributed by atoms with Crippen LogP contribution in [0.15, 0.2) is 59.5 Å². The van der Waals surface area contributed by atoms with Crippen LogP contribution in [0.3, 0.4) is 0 Å². The lowest BCUT2D eigenvalue weighted by Crippen LogP contribution is -2.48. The highest BCUT2D eigenvalue weighted by Gasteiger charge is 2.24. The van der Waals surface area contributed by atoms with Gasteiger partial charge in [0.05, 0.1) is 24.5 Å². The number of amides is 1. The van der Waals surface area contributed by atoms with Gasteiger partial charge in [0.15, 0.2) is 0 Å². The van der Waals surface area contributed by atoms with Crippen molar-refractivity contribution in [2.45, 2.75) is 30.8 Å². The molecule has 0 radical (unpaired) electrons. The number of benzene rings is 2. The van der Waals surface area contributed by atoms with E-state index in [9.17, 15) is 13.2 Å². The molecule has 1 atom stereocenters. The molecule has 1 aliphatic heterocycles. The van der Waals surface area contributed by atoms with Gasteiger partial charge in [0.2, 0.25) is 15.9 Å². The summed E-state index contributed by atoms with van der Waals surface area (Å²) in [6.45, 7) is 6.55. The Bertz CT molecular complexity index is 927. The van der Waals surface area contributed by atoms with E-state index in [4.69, 9.17) is 9.88 Å². The topological polar surface area (TPSA) is 92.9 Å². The Morgan fingerprint density at radius 1 is 1.07 bits per heavy atom. The number of primary sulfonamides is 1. The zero-order valence-corrected chi connectivity index (χ0v) is 18.1. The summed E-state index contributed by atoms with van der Waals surface area (Å²) in [5.41, 5.74) is 1.83. The van der Waals surface area contributed by atoms with Crippen LogP contribution in [-0.2, 0) is 32.5 Å². The maximum absolute atomic E-state index is 13.2. The minimum atomic E-state index is -3.75. The van der Waals surface area contributed by atoms with E-state index >= 15 is 0 Å². The van der Waals surface area contributed by atoms with E-state index in [1.165, 1.54) is 12.1 Å². The minimum absolute atomic E-state index is 0.00275. The molecule has 2 aromatic carbocycles. The number of hydrogen-bond donors (Lipinski definition) is 1. The number of ether oxygens (including phenoxy) is 1. The first-order valence-corrected chi connectivity index (χ1v) is 11.6. The van der Waals surface area contributed by atoms with Gasteiger partial charge >= 0.3 is 0 Å². The van der Waals surface area contributed by atoms with Crippen molar-refractivity contribution in [3.63, 3.8) is 0 Å². The maximum Gasteiger partial charge on any atom is 0.238 e. The first-order chi connectivity index (χ1) is 14.3. The Morgan fingerprint density at radius 2 is 1.70 bits per heavy atom. The summed E-state index contributed by atoms with van der Waals surface area (Å²) < 4.78 is 28.3. The summed E-state index contributed by atoms with van der Waals surface area (Å²) in [6, 6.07) is 16.1. The van der Waals surface area contributed by atoms with E-state index in [1.807, 2.05) is 35.2 Å². The molecule has 1 fully saturated rings. The van der Waals surface area contributed by atoms with Crippen molar-refractivity contribution in [2.24, 2.45) is 5.14 Å². The van der Waals surface area contributed by atoms with Crippen LogP contribution in [0.2, 0.25) is 0 Å². The van der Waals surface area contributed by atoms with E-state index in [2.05, 4.69) is 11.8 Å². The lowest BCUT2D eigenvalue weighted by molar-refractivity contribution is -0.133. The number of carbonyl (C=O) groups is 1. The lowest BCUT2D eigenvalue weighted by Gasteiger charge is -2.35. The van der Waals surface area contributed by atoms with Gasteiger partial charge in [0.1, 0.15) is 0 Å². The SMILES string of the molecule is CC(CN1CCOCC1)N(Cc1ccccc1)C(=O)Cc1ccc(S(N)(=O)=O)cc1. The van der Waals surface area contributed by atoms with Crippen molar-refractivity contribution in [1.29, 1.82) is 0 Å². The number of rotatable bonds is 8. The summed E-state index contributed by atoms with van der Waals surface area (Å²) in [4.78, 5) is 17.5. The summed E-state index contributed by atoms with van der Waals surface area (Å²) >= 11 is 0. The molecule has 30 heavy (non-hydrogen) atoms. The first-order valence-electron chi connectivity index (χ1n) is 10.1. The van der Waals surface area contributed by atoms with Gasteiger partial charge in [-0.1, -0.05) is 42.5 Å². The zero-order valence-electron chi connectivity index (χ0n) is 17.2. The Kier molecular flexibility index (Phi) is 7.60. The van der Waals surface area contributed by atoms with E-state index in [-0.39, 0.29) is 23.3 Å². The lowest BCUT2D eigenvalue weighted by atomic mass is 10.1. The number of nitrogens with zero attached hydrogens (tertiary/aromatic N) is 2. The number of nitrogens with two attached hydrogens (primary N) is 1. The predicted octanol–water partition coefficient (Wildman–Crippen LogP) is 1.63. The van der Waals surface area contributed by atoms with Gasteiger partial charge in [-0.25, -0.2) is 13.6 Å². The largest absolute Gasteiger partial charge is 0.379 e. The summed E-state index contributed by atoms with van der Waals surface area (Å²) in [6.07, 6.45) is 0.200. The Labute approximate surface area is 178 Å². The second kappa shape index (κ2) is 10.2. The molecule has 2 N–H and O–H groups in total. The summed E-state index contributed by atoms with van der Waals surface area (Å²) in [5.74, 6) is 0.00275. The zero-order chi connectivity index (χ0) is 21.6. The molecule has 3 rings (SSSR count). The average Bonchev–Trinajstić information content (AvgIpc) is 2.73. The third kappa shape index (κ3) is 6.37. The van der Waals surface area contributed by atoms with Crippen LogP contribution in [-0.4, -0.2) is 63.0 Å². The van der Waals surface area contributed by atoms with Gasteiger partial charge in [-0.2, -0.15) is 0 Å². The highest BCUT2D eigenvalue weighted by atomic mass is 32.2. The van der Waals surface area contributed by atoms with Crippen LogP contribution in [0, 0.1) is 0 Å². The number of morpholine rings is 1. The van der Waals surface area contributed by atoms with E-state index in [0.29, 0.717) is 6.54 Å². The quantitative estimate of drug-likeness (QED) is 0.686. The maximum atomic E-state index is 13.2. The van der Waals surface area contributed by atoms with Gasteiger partial charge in [-0.05, 0) is 30.2 Å². The van der Waals surface area contributed by atoms with Crippen molar-refractivity contribution in [1.82, 2.24) is 9.80 Å². The molecule has 2 aromatic rings. The Hall–Kier alpha value is -2.26. The highest BCUT2D eigenvalue weighted by molar-refractivity contribution is 7.89. The van der Waals surface area contributed by atoms with Crippen LogP contribution in [0.4, 0.5) is 0 Å². The third-order valence-corrected chi connectivity index (χ3v) is 6.21. The third-order valence-electron chi connectivity index (χ3n) is 5.28. The van der Waals surface area contributed by atoms with Crippen LogP contribution in [0.25, 0.3) is 0 Å². The predicted molar refractivity (Wildman–Crippen MR) is 115 cm³/mol. The molecule has 0 saturated carbocycles. The molecule has 0 spiro atoms. The molecule has 1 aliphatic rings. The molecule has 0 aliphatic carbocycles. The van der Waals surface area contributed by atoms with Crippen LogP contribution in [0.5, 0.6) is 0 Å². The average molecular weight is 432 g/mol. The van der Waals surface area contributed by atoms with Gasteiger partial charge in [-0.15, -0.1) is 0 Å². The van der Waals surface area contributed by atoms with Crippen LogP contribution < -0.4 is 5.14 Å². The molecule has 1 unspecified atom stereocenters. The van der Waals surface area contributed by atoms with Gasteiger partial charge in [-0.3, -0.25) is 9.69 Å². The van der Waals surface area contributed by atoms with E-state index in [1.54, 1.807) is 12.1 Å². The molecule has 0 aromatic heterocycles.